The Morgan fingerprint density at radius 3 is 2.28 bits per heavy atom. The summed E-state index contributed by atoms with van der Waals surface area (Å²) in [6.45, 7) is 0. The highest BCUT2D eigenvalue weighted by Crippen LogP contribution is 2.20. The van der Waals surface area contributed by atoms with E-state index in [9.17, 15) is 5.21 Å². The van der Waals surface area contributed by atoms with Gasteiger partial charge in [0.05, 0.1) is 5.69 Å². The Morgan fingerprint density at radius 2 is 1.67 bits per heavy atom. The SMILES string of the molecule is CN(C)c1ccc(N=Nc2ccc[n+]([O-])c2)cc1. The summed E-state index contributed by atoms with van der Waals surface area (Å²) >= 11 is 0. The predicted octanol–water partition coefficient (Wildman–Crippen LogP) is 2.80. The average molecular weight is 242 g/mol. The van der Waals surface area contributed by atoms with Gasteiger partial charge in [-0.3, -0.25) is 0 Å². The minimum absolute atomic E-state index is 0.532. The van der Waals surface area contributed by atoms with Crippen molar-refractivity contribution in [2.24, 2.45) is 10.2 Å². The van der Waals surface area contributed by atoms with Gasteiger partial charge in [-0.25, -0.2) is 0 Å². The van der Waals surface area contributed by atoms with Crippen LogP contribution in [0.3, 0.4) is 0 Å². The van der Waals surface area contributed by atoms with Crippen molar-refractivity contribution in [1.29, 1.82) is 0 Å². The molecule has 0 unspecified atom stereocenters. The first kappa shape index (κ1) is 12.0. The quantitative estimate of drug-likeness (QED) is 0.472. The standard InChI is InChI=1S/C13H14N4O/c1-16(2)13-7-5-11(6-8-13)14-15-12-4-3-9-17(18)10-12/h3-10H,1-2H3. The summed E-state index contributed by atoms with van der Waals surface area (Å²) < 4.78 is 0.698. The van der Waals surface area contributed by atoms with Gasteiger partial charge in [-0.2, -0.15) is 9.84 Å². The fraction of sp³-hybridized carbons (Fsp3) is 0.154. The minimum Gasteiger partial charge on any atom is -0.619 e. The van der Waals surface area contributed by atoms with Gasteiger partial charge in [-0.05, 0) is 30.3 Å². The lowest BCUT2D eigenvalue weighted by Crippen LogP contribution is -2.23. The van der Waals surface area contributed by atoms with Crippen molar-refractivity contribution in [1.82, 2.24) is 0 Å². The Kier molecular flexibility index (Phi) is 3.52. The molecule has 0 aliphatic heterocycles. The predicted molar refractivity (Wildman–Crippen MR) is 70.3 cm³/mol. The topological polar surface area (TPSA) is 54.9 Å². The number of benzene rings is 1. The molecule has 1 heterocycles. The van der Waals surface area contributed by atoms with E-state index in [1.807, 2.05) is 43.3 Å². The molecule has 0 aliphatic carbocycles. The van der Waals surface area contributed by atoms with E-state index in [0.29, 0.717) is 10.4 Å². The molecule has 0 spiro atoms. The van der Waals surface area contributed by atoms with Gasteiger partial charge in [-0.15, -0.1) is 5.11 Å². The highest BCUT2D eigenvalue weighted by Gasteiger charge is 1.96. The first-order chi connectivity index (χ1) is 8.65. The zero-order valence-electron chi connectivity index (χ0n) is 10.3. The normalized spacial score (nSPS) is 10.8. The molecule has 0 radical (unpaired) electrons. The van der Waals surface area contributed by atoms with Gasteiger partial charge >= 0.3 is 0 Å². The Morgan fingerprint density at radius 1 is 1.00 bits per heavy atom. The highest BCUT2D eigenvalue weighted by molar-refractivity contribution is 5.51. The van der Waals surface area contributed by atoms with Gasteiger partial charge in [0.1, 0.15) is 0 Å². The van der Waals surface area contributed by atoms with Crippen molar-refractivity contribution in [2.45, 2.75) is 0 Å². The van der Waals surface area contributed by atoms with Crippen molar-refractivity contribution in [3.63, 3.8) is 0 Å². The first-order valence-electron chi connectivity index (χ1n) is 5.53. The van der Waals surface area contributed by atoms with Gasteiger partial charge in [-0.1, -0.05) is 0 Å². The molecule has 0 bridgehead atoms. The molecule has 0 fully saturated rings. The summed E-state index contributed by atoms with van der Waals surface area (Å²) in [6.07, 6.45) is 2.78. The molecule has 1 aromatic carbocycles. The number of aromatic nitrogens is 1. The van der Waals surface area contributed by atoms with Crippen LogP contribution >= 0.6 is 0 Å². The summed E-state index contributed by atoms with van der Waals surface area (Å²) in [7, 11) is 3.96. The second-order valence-electron chi connectivity index (χ2n) is 4.03. The van der Waals surface area contributed by atoms with E-state index < -0.39 is 0 Å². The van der Waals surface area contributed by atoms with Crippen LogP contribution in [0.1, 0.15) is 0 Å². The molecule has 0 amide bonds. The second kappa shape index (κ2) is 5.27. The number of anilines is 1. The van der Waals surface area contributed by atoms with Crippen molar-refractivity contribution >= 4 is 17.1 Å². The average Bonchev–Trinajstić information content (AvgIpc) is 2.37. The largest absolute Gasteiger partial charge is 0.619 e. The fourth-order valence-corrected chi connectivity index (χ4v) is 1.43. The lowest BCUT2D eigenvalue weighted by atomic mass is 10.3. The maximum Gasteiger partial charge on any atom is 0.207 e. The van der Waals surface area contributed by atoms with Crippen molar-refractivity contribution in [2.75, 3.05) is 19.0 Å². The zero-order valence-corrected chi connectivity index (χ0v) is 10.3. The van der Waals surface area contributed by atoms with Crippen LogP contribution in [0.2, 0.25) is 0 Å². The third-order valence-corrected chi connectivity index (χ3v) is 2.41. The fourth-order valence-electron chi connectivity index (χ4n) is 1.43. The Bertz CT molecular complexity index is 549. The van der Waals surface area contributed by atoms with Crippen LogP contribution < -0.4 is 9.63 Å². The number of nitrogens with zero attached hydrogens (tertiary/aromatic N) is 4. The molecule has 92 valence electrons. The maximum absolute atomic E-state index is 11.0. The van der Waals surface area contributed by atoms with E-state index in [1.54, 1.807) is 12.1 Å². The molecule has 0 atom stereocenters. The van der Waals surface area contributed by atoms with Crippen molar-refractivity contribution in [3.05, 3.63) is 54.0 Å². The van der Waals surface area contributed by atoms with Crippen LogP contribution in [0.4, 0.5) is 17.1 Å². The number of azo groups is 1. The van der Waals surface area contributed by atoms with E-state index in [1.165, 1.54) is 12.4 Å². The number of rotatable bonds is 3. The molecule has 0 aliphatic rings. The van der Waals surface area contributed by atoms with Crippen LogP contribution in [-0.2, 0) is 0 Å². The van der Waals surface area contributed by atoms with Crippen LogP contribution in [0.5, 0.6) is 0 Å². The van der Waals surface area contributed by atoms with Crippen molar-refractivity contribution < 1.29 is 4.73 Å². The summed E-state index contributed by atoms with van der Waals surface area (Å²) in [4.78, 5) is 2.01. The summed E-state index contributed by atoms with van der Waals surface area (Å²) in [5.41, 5.74) is 2.39. The lowest BCUT2D eigenvalue weighted by molar-refractivity contribution is -0.604. The molecule has 18 heavy (non-hydrogen) atoms. The number of hydrogen-bond acceptors (Lipinski definition) is 4. The zero-order chi connectivity index (χ0) is 13.0. The van der Waals surface area contributed by atoms with Crippen LogP contribution in [0.25, 0.3) is 0 Å². The third-order valence-electron chi connectivity index (χ3n) is 2.41. The summed E-state index contributed by atoms with van der Waals surface area (Å²) in [5, 5.41) is 19.1. The Labute approximate surface area is 106 Å². The smallest absolute Gasteiger partial charge is 0.207 e. The maximum atomic E-state index is 11.0. The molecular formula is C13H14N4O. The van der Waals surface area contributed by atoms with Crippen molar-refractivity contribution in [3.8, 4) is 0 Å². The lowest BCUT2D eigenvalue weighted by Gasteiger charge is -2.11. The van der Waals surface area contributed by atoms with Crippen LogP contribution in [0, 0.1) is 5.21 Å². The Balaban J connectivity index is 2.14. The van der Waals surface area contributed by atoms with Gasteiger partial charge in [0.25, 0.3) is 0 Å². The molecule has 0 saturated heterocycles. The highest BCUT2D eigenvalue weighted by atomic mass is 16.5. The van der Waals surface area contributed by atoms with E-state index in [4.69, 9.17) is 0 Å². The second-order valence-corrected chi connectivity index (χ2v) is 4.03. The molecule has 2 rings (SSSR count). The third kappa shape index (κ3) is 3.04. The summed E-state index contributed by atoms with van der Waals surface area (Å²) in [6, 6.07) is 11.1. The molecule has 1 aromatic heterocycles. The summed E-state index contributed by atoms with van der Waals surface area (Å²) in [5.74, 6) is 0. The monoisotopic (exact) mass is 242 g/mol. The molecule has 2 aromatic rings. The number of pyridine rings is 1. The first-order valence-corrected chi connectivity index (χ1v) is 5.53. The van der Waals surface area contributed by atoms with E-state index in [-0.39, 0.29) is 0 Å². The van der Waals surface area contributed by atoms with Crippen LogP contribution in [0.15, 0.2) is 59.0 Å². The van der Waals surface area contributed by atoms with Crippen LogP contribution in [-0.4, -0.2) is 14.1 Å². The van der Waals surface area contributed by atoms with Gasteiger partial charge < -0.3 is 10.1 Å². The molecule has 0 N–H and O–H groups in total. The van der Waals surface area contributed by atoms with E-state index >= 15 is 0 Å². The Hall–Kier alpha value is -2.43. The van der Waals surface area contributed by atoms with E-state index in [0.717, 1.165) is 11.4 Å². The van der Waals surface area contributed by atoms with Gasteiger partial charge in [0, 0.05) is 25.8 Å². The number of hydrogen-bond donors (Lipinski definition) is 0. The molecule has 5 nitrogen and oxygen atoms in total. The molecule has 0 saturated carbocycles. The van der Waals surface area contributed by atoms with Gasteiger partial charge in [0.15, 0.2) is 11.9 Å². The van der Waals surface area contributed by atoms with Gasteiger partial charge in [0.2, 0.25) is 6.20 Å². The minimum atomic E-state index is 0.532. The van der Waals surface area contributed by atoms with E-state index in [2.05, 4.69) is 10.2 Å². The molecule has 5 heteroatoms. The molecular weight excluding hydrogens is 228 g/mol.